The minimum absolute atomic E-state index is 0.0254. The van der Waals surface area contributed by atoms with Crippen LogP contribution in [0, 0.1) is 0 Å². The number of hydrogen-bond donors (Lipinski definition) is 0. The lowest BCUT2D eigenvalue weighted by Gasteiger charge is -2.24. The number of rotatable bonds is 9. The van der Waals surface area contributed by atoms with Crippen molar-refractivity contribution in [3.63, 3.8) is 0 Å². The van der Waals surface area contributed by atoms with Crippen molar-refractivity contribution >= 4 is 21.7 Å². The molecule has 0 radical (unpaired) electrons. The van der Waals surface area contributed by atoms with E-state index in [1.165, 1.54) is 39.5 Å². The van der Waals surface area contributed by atoms with Crippen LogP contribution in [0.2, 0.25) is 0 Å². The van der Waals surface area contributed by atoms with Crippen LogP contribution in [0.4, 0.5) is 5.69 Å². The van der Waals surface area contributed by atoms with Crippen LogP contribution in [0.15, 0.2) is 47.4 Å². The Balaban J connectivity index is 2.49. The Kier molecular flexibility index (Phi) is 7.33. The van der Waals surface area contributed by atoms with Crippen molar-refractivity contribution in [3.8, 4) is 17.2 Å². The van der Waals surface area contributed by atoms with Crippen molar-refractivity contribution < 1.29 is 32.2 Å². The maximum Gasteiger partial charge on any atom is 0.326 e. The second kappa shape index (κ2) is 9.51. The molecule has 0 heterocycles. The van der Waals surface area contributed by atoms with Crippen molar-refractivity contribution in [2.75, 3.05) is 32.2 Å². The molecule has 0 bridgehead atoms. The minimum Gasteiger partial charge on any atom is -0.493 e. The van der Waals surface area contributed by atoms with E-state index in [1.807, 2.05) is 13.8 Å². The number of sulfonamides is 1. The molecule has 0 spiro atoms. The highest BCUT2D eigenvalue weighted by Gasteiger charge is 2.28. The number of benzene rings is 2. The Morgan fingerprint density at radius 2 is 1.59 bits per heavy atom. The molecule has 0 atom stereocenters. The lowest BCUT2D eigenvalue weighted by Crippen LogP contribution is -2.36. The van der Waals surface area contributed by atoms with Gasteiger partial charge in [-0.15, -0.1) is 0 Å². The van der Waals surface area contributed by atoms with E-state index < -0.39 is 22.5 Å². The van der Waals surface area contributed by atoms with Gasteiger partial charge in [0.15, 0.2) is 11.5 Å². The molecular formula is C20H25NO7S. The highest BCUT2D eigenvalue weighted by molar-refractivity contribution is 7.92. The lowest BCUT2D eigenvalue weighted by molar-refractivity contribution is -0.138. The Morgan fingerprint density at radius 3 is 2.10 bits per heavy atom. The minimum atomic E-state index is -4.10. The third kappa shape index (κ3) is 5.32. The molecule has 8 nitrogen and oxygen atoms in total. The van der Waals surface area contributed by atoms with Crippen molar-refractivity contribution in [2.45, 2.75) is 24.8 Å². The molecule has 2 aromatic carbocycles. The van der Waals surface area contributed by atoms with E-state index in [2.05, 4.69) is 4.74 Å². The lowest BCUT2D eigenvalue weighted by atomic mass is 10.3. The smallest absolute Gasteiger partial charge is 0.326 e. The Hall–Kier alpha value is -2.94. The molecule has 0 aromatic heterocycles. The standard InChI is InChI=1S/C20H25NO7S/c1-14(2)28-16-8-6-15(7-9-16)21(13-20(22)27-5)29(23,24)17-10-11-18(25-3)19(12-17)26-4/h6-12,14H,13H2,1-5H3. The Labute approximate surface area is 171 Å². The summed E-state index contributed by atoms with van der Waals surface area (Å²) in [5.74, 6) is 0.537. The largest absolute Gasteiger partial charge is 0.493 e. The number of ether oxygens (including phenoxy) is 4. The SMILES string of the molecule is COC(=O)CN(c1ccc(OC(C)C)cc1)S(=O)(=O)c1ccc(OC)c(OC)c1. The van der Waals surface area contributed by atoms with Gasteiger partial charge in [0.05, 0.1) is 38.0 Å². The zero-order valence-electron chi connectivity index (χ0n) is 17.0. The molecule has 0 saturated heterocycles. The fourth-order valence-corrected chi connectivity index (χ4v) is 3.99. The van der Waals surface area contributed by atoms with Gasteiger partial charge in [0.2, 0.25) is 0 Å². The van der Waals surface area contributed by atoms with Gasteiger partial charge in [-0.2, -0.15) is 0 Å². The maximum absolute atomic E-state index is 13.3. The normalized spacial score (nSPS) is 11.1. The monoisotopic (exact) mass is 423 g/mol. The average Bonchev–Trinajstić information content (AvgIpc) is 2.71. The van der Waals surface area contributed by atoms with Gasteiger partial charge in [0.1, 0.15) is 12.3 Å². The molecule has 0 aliphatic carbocycles. The third-order valence-electron chi connectivity index (χ3n) is 3.94. The molecule has 0 saturated carbocycles. The van der Waals surface area contributed by atoms with Gasteiger partial charge in [0, 0.05) is 6.07 Å². The first kappa shape index (κ1) is 22.4. The summed E-state index contributed by atoms with van der Waals surface area (Å²) < 4.78 is 48.2. The number of methoxy groups -OCH3 is 3. The molecule has 9 heteroatoms. The molecule has 2 aromatic rings. The van der Waals surface area contributed by atoms with Crippen molar-refractivity contribution in [3.05, 3.63) is 42.5 Å². The van der Waals surface area contributed by atoms with E-state index >= 15 is 0 Å². The topological polar surface area (TPSA) is 91.4 Å². The zero-order chi connectivity index (χ0) is 21.6. The first-order chi connectivity index (χ1) is 13.7. The van der Waals surface area contributed by atoms with Gasteiger partial charge in [0.25, 0.3) is 10.0 Å². The molecule has 158 valence electrons. The fourth-order valence-electron chi connectivity index (χ4n) is 2.56. The molecule has 0 aliphatic rings. The first-order valence-electron chi connectivity index (χ1n) is 8.81. The van der Waals surface area contributed by atoms with E-state index in [0.29, 0.717) is 17.2 Å². The molecule has 0 amide bonds. The number of anilines is 1. The van der Waals surface area contributed by atoms with E-state index in [0.717, 1.165) is 4.31 Å². The summed E-state index contributed by atoms with van der Waals surface area (Å²) in [4.78, 5) is 11.9. The van der Waals surface area contributed by atoms with Crippen molar-refractivity contribution in [1.82, 2.24) is 0 Å². The summed E-state index contributed by atoms with van der Waals surface area (Å²) in [5.41, 5.74) is 0.293. The average molecular weight is 423 g/mol. The first-order valence-corrected chi connectivity index (χ1v) is 10.2. The molecule has 2 rings (SSSR count). The van der Waals surface area contributed by atoms with Gasteiger partial charge in [-0.25, -0.2) is 8.42 Å². The maximum atomic E-state index is 13.3. The van der Waals surface area contributed by atoms with Crippen LogP contribution < -0.4 is 18.5 Å². The second-order valence-corrected chi connectivity index (χ2v) is 8.13. The Bertz CT molecular complexity index is 940. The number of hydrogen-bond acceptors (Lipinski definition) is 7. The molecule has 29 heavy (non-hydrogen) atoms. The van der Waals surface area contributed by atoms with E-state index in [9.17, 15) is 13.2 Å². The predicted octanol–water partition coefficient (Wildman–Crippen LogP) is 2.86. The fraction of sp³-hybridized carbons (Fsp3) is 0.350. The van der Waals surface area contributed by atoms with Crippen LogP contribution >= 0.6 is 0 Å². The second-order valence-electron chi connectivity index (χ2n) is 6.27. The van der Waals surface area contributed by atoms with Crippen molar-refractivity contribution in [1.29, 1.82) is 0 Å². The highest BCUT2D eigenvalue weighted by atomic mass is 32.2. The summed E-state index contributed by atoms with van der Waals surface area (Å²) in [7, 11) is -0.0337. The molecule has 0 N–H and O–H groups in total. The molecular weight excluding hydrogens is 398 g/mol. The molecule has 0 unspecified atom stereocenters. The Morgan fingerprint density at radius 1 is 0.966 bits per heavy atom. The molecule has 0 fully saturated rings. The highest BCUT2D eigenvalue weighted by Crippen LogP contribution is 2.32. The summed E-state index contributed by atoms with van der Waals surface area (Å²) in [6.07, 6.45) is -0.0254. The van der Waals surface area contributed by atoms with Gasteiger partial charge in [-0.05, 0) is 50.2 Å². The van der Waals surface area contributed by atoms with Gasteiger partial charge in [-0.1, -0.05) is 0 Å². The van der Waals surface area contributed by atoms with Crippen LogP contribution in [0.5, 0.6) is 17.2 Å². The number of nitrogens with zero attached hydrogens (tertiary/aromatic N) is 1. The van der Waals surface area contributed by atoms with Crippen LogP contribution in [-0.2, 0) is 19.6 Å². The summed E-state index contributed by atoms with van der Waals surface area (Å²) in [5, 5.41) is 0. The van der Waals surface area contributed by atoms with Crippen LogP contribution in [0.3, 0.4) is 0 Å². The number of carbonyl (C=O) groups is 1. The summed E-state index contributed by atoms with van der Waals surface area (Å²) in [6, 6.07) is 10.6. The van der Waals surface area contributed by atoms with Gasteiger partial charge in [-0.3, -0.25) is 9.10 Å². The summed E-state index contributed by atoms with van der Waals surface area (Å²) >= 11 is 0. The number of carbonyl (C=O) groups excluding carboxylic acids is 1. The van der Waals surface area contributed by atoms with E-state index in [-0.39, 0.29) is 16.7 Å². The quantitative estimate of drug-likeness (QED) is 0.573. The summed E-state index contributed by atoms with van der Waals surface area (Å²) in [6.45, 7) is 3.29. The van der Waals surface area contributed by atoms with E-state index in [4.69, 9.17) is 14.2 Å². The van der Waals surface area contributed by atoms with Gasteiger partial charge < -0.3 is 18.9 Å². The van der Waals surface area contributed by atoms with E-state index in [1.54, 1.807) is 24.3 Å². The molecule has 0 aliphatic heterocycles. The predicted molar refractivity (Wildman–Crippen MR) is 108 cm³/mol. The van der Waals surface area contributed by atoms with Crippen LogP contribution in [-0.4, -0.2) is 48.4 Å². The zero-order valence-corrected chi connectivity index (χ0v) is 17.9. The van der Waals surface area contributed by atoms with Gasteiger partial charge >= 0.3 is 5.97 Å². The number of esters is 1. The van der Waals surface area contributed by atoms with Crippen molar-refractivity contribution in [2.24, 2.45) is 0 Å². The van der Waals surface area contributed by atoms with Crippen LogP contribution in [0.25, 0.3) is 0 Å². The third-order valence-corrected chi connectivity index (χ3v) is 5.71. The van der Waals surface area contributed by atoms with Crippen LogP contribution in [0.1, 0.15) is 13.8 Å².